The number of rotatable bonds is 7. The molecule has 0 fully saturated rings. The summed E-state index contributed by atoms with van der Waals surface area (Å²) in [7, 11) is 0. The van der Waals surface area contributed by atoms with Gasteiger partial charge in [0.1, 0.15) is 0 Å². The molecule has 0 radical (unpaired) electrons. The summed E-state index contributed by atoms with van der Waals surface area (Å²) in [6, 6.07) is 17.9. The van der Waals surface area contributed by atoms with Crippen molar-refractivity contribution in [1.82, 2.24) is 5.32 Å². The molecule has 24 heavy (non-hydrogen) atoms. The molecule has 2 nitrogen and oxygen atoms in total. The van der Waals surface area contributed by atoms with Crippen LogP contribution in [0.25, 0.3) is 0 Å². The second kappa shape index (κ2) is 9.00. The largest absolute Gasteiger partial charge is 0.392 e. The molecule has 0 bridgehead atoms. The molecule has 128 valence electrons. The highest BCUT2D eigenvalue weighted by Crippen LogP contribution is 2.22. The Morgan fingerprint density at radius 1 is 0.875 bits per heavy atom. The van der Waals surface area contributed by atoms with Gasteiger partial charge in [0.05, 0.1) is 6.61 Å². The van der Waals surface area contributed by atoms with Crippen molar-refractivity contribution in [2.24, 2.45) is 0 Å². The second-order valence-corrected chi connectivity index (χ2v) is 6.93. The highest BCUT2D eigenvalue weighted by molar-refractivity contribution is 5.33. The first-order valence-electron chi connectivity index (χ1n) is 9.34. The van der Waals surface area contributed by atoms with E-state index < -0.39 is 0 Å². The zero-order valence-corrected chi connectivity index (χ0v) is 14.5. The number of unbranched alkanes of at least 4 members (excludes halogenated alkanes) is 1. The van der Waals surface area contributed by atoms with E-state index in [0.29, 0.717) is 6.04 Å². The maximum absolute atomic E-state index is 9.30. The molecular weight excluding hydrogens is 294 g/mol. The molecule has 0 aliphatic heterocycles. The molecule has 2 aromatic rings. The Balaban J connectivity index is 1.38. The Morgan fingerprint density at radius 3 is 2.46 bits per heavy atom. The maximum Gasteiger partial charge on any atom is 0.0681 e. The fraction of sp³-hybridized carbons (Fsp3) is 0.455. The summed E-state index contributed by atoms with van der Waals surface area (Å²) in [4.78, 5) is 0. The van der Waals surface area contributed by atoms with E-state index in [9.17, 15) is 5.11 Å². The molecule has 2 N–H and O–H groups in total. The maximum atomic E-state index is 9.30. The molecule has 1 atom stereocenters. The highest BCUT2D eigenvalue weighted by Gasteiger charge is 2.15. The number of aryl methyl sites for hydroxylation is 3. The lowest BCUT2D eigenvalue weighted by molar-refractivity contribution is 0.281. The van der Waals surface area contributed by atoms with Crippen LogP contribution in [0.5, 0.6) is 0 Å². The van der Waals surface area contributed by atoms with Crippen LogP contribution in [0.4, 0.5) is 0 Å². The quantitative estimate of drug-likeness (QED) is 0.595. The van der Waals surface area contributed by atoms with Crippen molar-refractivity contribution < 1.29 is 5.11 Å². The number of aliphatic hydroxyl groups is 1. The third kappa shape index (κ3) is 4.93. The van der Waals surface area contributed by atoms with Crippen LogP contribution in [0, 0.1) is 0 Å². The molecule has 0 spiro atoms. The molecule has 2 aromatic carbocycles. The minimum absolute atomic E-state index is 0.149. The van der Waals surface area contributed by atoms with E-state index in [1.165, 1.54) is 48.8 Å². The summed E-state index contributed by atoms with van der Waals surface area (Å²) in [5, 5.41) is 13.1. The average molecular weight is 323 g/mol. The van der Waals surface area contributed by atoms with Crippen LogP contribution in [0.3, 0.4) is 0 Å². The van der Waals surface area contributed by atoms with Crippen LogP contribution >= 0.6 is 0 Å². The molecule has 3 rings (SSSR count). The van der Waals surface area contributed by atoms with Gasteiger partial charge in [-0.05, 0) is 73.7 Å². The van der Waals surface area contributed by atoms with Crippen LogP contribution in [0.1, 0.15) is 47.9 Å². The van der Waals surface area contributed by atoms with Gasteiger partial charge in [0, 0.05) is 6.04 Å². The van der Waals surface area contributed by atoms with Crippen molar-refractivity contribution in [2.45, 2.75) is 57.6 Å². The number of nitrogens with one attached hydrogen (secondary N) is 1. The SMILES string of the molecule is OCc1ccc2c(c1)CCC(NCCCCc1ccccc1)CC2. The third-order valence-electron chi connectivity index (χ3n) is 5.15. The Morgan fingerprint density at radius 2 is 1.67 bits per heavy atom. The Labute approximate surface area is 145 Å². The van der Waals surface area contributed by atoms with Crippen LogP contribution in [0.15, 0.2) is 48.5 Å². The number of aliphatic hydroxyl groups excluding tert-OH is 1. The monoisotopic (exact) mass is 323 g/mol. The Hall–Kier alpha value is -1.64. The van der Waals surface area contributed by atoms with Crippen molar-refractivity contribution in [1.29, 1.82) is 0 Å². The van der Waals surface area contributed by atoms with Gasteiger partial charge < -0.3 is 10.4 Å². The molecule has 1 aliphatic rings. The summed E-state index contributed by atoms with van der Waals surface area (Å²) in [5.74, 6) is 0. The molecule has 2 heteroatoms. The predicted molar refractivity (Wildman–Crippen MR) is 100 cm³/mol. The van der Waals surface area contributed by atoms with Gasteiger partial charge in [-0.15, -0.1) is 0 Å². The molecule has 1 aliphatic carbocycles. The topological polar surface area (TPSA) is 32.3 Å². The van der Waals surface area contributed by atoms with Crippen molar-refractivity contribution >= 4 is 0 Å². The Kier molecular flexibility index (Phi) is 6.45. The lowest BCUT2D eigenvalue weighted by atomic mass is 10.0. The number of fused-ring (bicyclic) bond motifs is 1. The van der Waals surface area contributed by atoms with Gasteiger partial charge in [-0.25, -0.2) is 0 Å². The van der Waals surface area contributed by atoms with E-state index in [1.54, 1.807) is 0 Å². The van der Waals surface area contributed by atoms with E-state index in [-0.39, 0.29) is 6.61 Å². The minimum atomic E-state index is 0.149. The molecule has 0 saturated heterocycles. The first kappa shape index (κ1) is 17.2. The number of hydrogen-bond acceptors (Lipinski definition) is 2. The second-order valence-electron chi connectivity index (χ2n) is 6.93. The van der Waals surface area contributed by atoms with Crippen molar-refractivity contribution in [3.8, 4) is 0 Å². The summed E-state index contributed by atoms with van der Waals surface area (Å²) < 4.78 is 0. The first-order valence-corrected chi connectivity index (χ1v) is 9.34. The zero-order valence-electron chi connectivity index (χ0n) is 14.5. The van der Waals surface area contributed by atoms with Crippen LogP contribution in [-0.4, -0.2) is 17.7 Å². The van der Waals surface area contributed by atoms with Gasteiger partial charge in [-0.2, -0.15) is 0 Å². The fourth-order valence-corrected chi connectivity index (χ4v) is 3.67. The van der Waals surface area contributed by atoms with Gasteiger partial charge in [0.15, 0.2) is 0 Å². The molecule has 0 heterocycles. The average Bonchev–Trinajstić information content (AvgIpc) is 2.84. The summed E-state index contributed by atoms with van der Waals surface area (Å²) >= 11 is 0. The van der Waals surface area contributed by atoms with Crippen molar-refractivity contribution in [3.05, 3.63) is 70.8 Å². The van der Waals surface area contributed by atoms with E-state index in [0.717, 1.165) is 24.9 Å². The van der Waals surface area contributed by atoms with Crippen LogP contribution < -0.4 is 5.32 Å². The van der Waals surface area contributed by atoms with Gasteiger partial charge in [0.2, 0.25) is 0 Å². The van der Waals surface area contributed by atoms with E-state index in [1.807, 2.05) is 0 Å². The summed E-state index contributed by atoms with van der Waals surface area (Å²) in [6.45, 7) is 1.27. The number of hydrogen-bond donors (Lipinski definition) is 2. The molecule has 0 amide bonds. The molecular formula is C22H29NO. The fourth-order valence-electron chi connectivity index (χ4n) is 3.67. The smallest absolute Gasteiger partial charge is 0.0681 e. The molecule has 1 unspecified atom stereocenters. The van der Waals surface area contributed by atoms with Gasteiger partial charge in [-0.3, -0.25) is 0 Å². The number of benzene rings is 2. The minimum Gasteiger partial charge on any atom is -0.392 e. The summed E-state index contributed by atoms with van der Waals surface area (Å²) in [6.07, 6.45) is 8.40. The zero-order chi connectivity index (χ0) is 16.6. The lowest BCUT2D eigenvalue weighted by Gasteiger charge is -2.16. The standard InChI is InChI=1S/C22H29NO/c24-17-19-9-10-20-11-13-22(14-12-21(20)16-19)23-15-5-4-8-18-6-2-1-3-7-18/h1-3,6-7,9-10,16,22-24H,4-5,8,11-15,17H2. The normalized spacial score (nSPS) is 17.3. The third-order valence-corrected chi connectivity index (χ3v) is 5.15. The van der Waals surface area contributed by atoms with E-state index in [2.05, 4.69) is 53.8 Å². The predicted octanol–water partition coefficient (Wildman–Crippen LogP) is 4.04. The van der Waals surface area contributed by atoms with E-state index >= 15 is 0 Å². The van der Waals surface area contributed by atoms with Gasteiger partial charge >= 0.3 is 0 Å². The highest BCUT2D eigenvalue weighted by atomic mass is 16.3. The van der Waals surface area contributed by atoms with Gasteiger partial charge in [-0.1, -0.05) is 48.5 Å². The van der Waals surface area contributed by atoms with E-state index in [4.69, 9.17) is 0 Å². The van der Waals surface area contributed by atoms with Gasteiger partial charge in [0.25, 0.3) is 0 Å². The Bertz CT molecular complexity index is 623. The van der Waals surface area contributed by atoms with Crippen LogP contribution in [0.2, 0.25) is 0 Å². The van der Waals surface area contributed by atoms with Crippen molar-refractivity contribution in [2.75, 3.05) is 6.54 Å². The first-order chi connectivity index (χ1) is 11.8. The van der Waals surface area contributed by atoms with Crippen LogP contribution in [-0.2, 0) is 25.9 Å². The lowest BCUT2D eigenvalue weighted by Crippen LogP contribution is -2.30. The summed E-state index contributed by atoms with van der Waals surface area (Å²) in [5.41, 5.74) is 5.40. The van der Waals surface area contributed by atoms with Crippen molar-refractivity contribution in [3.63, 3.8) is 0 Å². The molecule has 0 aromatic heterocycles. The molecule has 0 saturated carbocycles.